The van der Waals surface area contributed by atoms with Gasteiger partial charge >= 0.3 is 0 Å². The number of aliphatic imine (C=N–C) groups is 1. The molecule has 0 amide bonds. The van der Waals surface area contributed by atoms with E-state index in [-0.39, 0.29) is 0 Å². The van der Waals surface area contributed by atoms with Crippen molar-refractivity contribution in [2.75, 3.05) is 20.1 Å². The molecule has 9 heavy (non-hydrogen) atoms. The molecule has 50 valence electrons. The van der Waals surface area contributed by atoms with Gasteiger partial charge in [-0.3, -0.25) is 4.99 Å². The van der Waals surface area contributed by atoms with Crippen LogP contribution >= 0.6 is 0 Å². The molecule has 1 aliphatic rings. The molecule has 0 aromatic rings. The first-order chi connectivity index (χ1) is 4.22. The van der Waals surface area contributed by atoms with E-state index in [4.69, 9.17) is 0 Å². The lowest BCUT2D eigenvalue weighted by molar-refractivity contribution is 0.438. The lowest BCUT2D eigenvalue weighted by Crippen LogP contribution is -2.28. The summed E-state index contributed by atoms with van der Waals surface area (Å²) in [7, 11) is 2.04. The number of nitrogens with zero attached hydrogens (tertiary/aromatic N) is 2. The van der Waals surface area contributed by atoms with Crippen molar-refractivity contribution in [1.29, 1.82) is 0 Å². The summed E-state index contributed by atoms with van der Waals surface area (Å²) < 4.78 is 0. The number of rotatable bonds is 0. The lowest BCUT2D eigenvalue weighted by atomic mass is 10.2. The molecule has 0 atom stereocenters. The van der Waals surface area contributed by atoms with Crippen molar-refractivity contribution in [2.45, 2.75) is 6.92 Å². The van der Waals surface area contributed by atoms with Gasteiger partial charge in [-0.2, -0.15) is 0 Å². The normalized spacial score (nSPS) is 20.0. The molecule has 0 aromatic carbocycles. The van der Waals surface area contributed by atoms with Gasteiger partial charge in [-0.1, -0.05) is 6.58 Å². The number of likely N-dealkylation sites (N-methyl/N-ethyl adjacent to an activating group) is 1. The third kappa shape index (κ3) is 1.12. The summed E-state index contributed by atoms with van der Waals surface area (Å²) >= 11 is 0. The molecule has 0 spiro atoms. The average molecular weight is 124 g/mol. The van der Waals surface area contributed by atoms with E-state index in [9.17, 15) is 0 Å². The van der Waals surface area contributed by atoms with Crippen molar-refractivity contribution in [1.82, 2.24) is 4.90 Å². The molecular formula is C7H12N2. The SMILES string of the molecule is C=C1C(C)=NCCN1C. The van der Waals surface area contributed by atoms with E-state index in [0.717, 1.165) is 24.5 Å². The van der Waals surface area contributed by atoms with Crippen LogP contribution in [-0.2, 0) is 0 Å². The second-order valence-corrected chi connectivity index (χ2v) is 2.34. The Balaban J connectivity index is 2.74. The summed E-state index contributed by atoms with van der Waals surface area (Å²) in [6, 6.07) is 0. The highest BCUT2D eigenvalue weighted by Gasteiger charge is 2.08. The molecule has 2 heteroatoms. The zero-order valence-electron chi connectivity index (χ0n) is 6.02. The van der Waals surface area contributed by atoms with Crippen molar-refractivity contribution >= 4 is 5.71 Å². The van der Waals surface area contributed by atoms with Crippen molar-refractivity contribution < 1.29 is 0 Å². The molecular weight excluding hydrogens is 112 g/mol. The Bertz CT molecular complexity index is 158. The fraction of sp³-hybridized carbons (Fsp3) is 0.571. The minimum Gasteiger partial charge on any atom is -0.372 e. The summed E-state index contributed by atoms with van der Waals surface area (Å²) in [6.07, 6.45) is 0. The van der Waals surface area contributed by atoms with E-state index in [2.05, 4.69) is 16.5 Å². The van der Waals surface area contributed by atoms with Crippen LogP contribution in [0, 0.1) is 0 Å². The van der Waals surface area contributed by atoms with Crippen molar-refractivity contribution in [2.24, 2.45) is 4.99 Å². The Hall–Kier alpha value is -0.790. The summed E-state index contributed by atoms with van der Waals surface area (Å²) in [5.41, 5.74) is 2.13. The average Bonchev–Trinajstić information content (AvgIpc) is 1.83. The molecule has 0 radical (unpaired) electrons. The van der Waals surface area contributed by atoms with Gasteiger partial charge < -0.3 is 4.90 Å². The zero-order valence-corrected chi connectivity index (χ0v) is 6.02. The van der Waals surface area contributed by atoms with Gasteiger partial charge in [0.1, 0.15) is 0 Å². The fourth-order valence-electron chi connectivity index (χ4n) is 0.870. The highest BCUT2D eigenvalue weighted by molar-refractivity contribution is 5.97. The molecule has 0 fully saturated rings. The Morgan fingerprint density at radius 1 is 1.67 bits per heavy atom. The highest BCUT2D eigenvalue weighted by Crippen LogP contribution is 2.05. The van der Waals surface area contributed by atoms with Crippen molar-refractivity contribution in [3.8, 4) is 0 Å². The molecule has 0 N–H and O–H groups in total. The topological polar surface area (TPSA) is 15.6 Å². The minimum atomic E-state index is 0.918. The Kier molecular flexibility index (Phi) is 1.56. The summed E-state index contributed by atoms with van der Waals surface area (Å²) in [6.45, 7) is 7.80. The quantitative estimate of drug-likeness (QED) is 0.468. The van der Waals surface area contributed by atoms with Crippen LogP contribution in [0.3, 0.4) is 0 Å². The Labute approximate surface area is 55.9 Å². The number of hydrogen-bond donors (Lipinski definition) is 0. The molecule has 0 saturated carbocycles. The lowest BCUT2D eigenvalue weighted by Gasteiger charge is -2.24. The van der Waals surface area contributed by atoms with Crippen LogP contribution < -0.4 is 0 Å². The number of hydrogen-bond acceptors (Lipinski definition) is 2. The molecule has 1 heterocycles. The van der Waals surface area contributed by atoms with Gasteiger partial charge in [-0.05, 0) is 6.92 Å². The maximum absolute atomic E-state index is 4.24. The third-order valence-corrected chi connectivity index (χ3v) is 1.66. The summed E-state index contributed by atoms with van der Waals surface area (Å²) in [4.78, 5) is 6.36. The minimum absolute atomic E-state index is 0.918. The first-order valence-electron chi connectivity index (χ1n) is 3.13. The smallest absolute Gasteiger partial charge is 0.0568 e. The molecule has 0 unspecified atom stereocenters. The summed E-state index contributed by atoms with van der Waals surface area (Å²) in [5.74, 6) is 0. The van der Waals surface area contributed by atoms with Crippen LogP contribution in [0.15, 0.2) is 17.3 Å². The van der Waals surface area contributed by atoms with E-state index < -0.39 is 0 Å². The van der Waals surface area contributed by atoms with Crippen LogP contribution in [0.5, 0.6) is 0 Å². The van der Waals surface area contributed by atoms with Gasteiger partial charge in [0.15, 0.2) is 0 Å². The molecule has 0 aliphatic carbocycles. The predicted molar refractivity (Wildman–Crippen MR) is 39.7 cm³/mol. The predicted octanol–water partition coefficient (Wildman–Crippen LogP) is 0.906. The van der Waals surface area contributed by atoms with Gasteiger partial charge in [-0.15, -0.1) is 0 Å². The molecule has 0 aromatic heterocycles. The van der Waals surface area contributed by atoms with E-state index >= 15 is 0 Å². The second kappa shape index (κ2) is 2.21. The van der Waals surface area contributed by atoms with E-state index in [1.807, 2.05) is 14.0 Å². The molecule has 0 bridgehead atoms. The van der Waals surface area contributed by atoms with Gasteiger partial charge in [0.25, 0.3) is 0 Å². The standard InChI is InChI=1S/C7H12N2/c1-6-7(2)9(3)5-4-8-6/h2,4-5H2,1,3H3. The molecule has 1 aliphatic heterocycles. The highest BCUT2D eigenvalue weighted by atomic mass is 15.1. The maximum atomic E-state index is 4.24. The van der Waals surface area contributed by atoms with Crippen LogP contribution in [0.25, 0.3) is 0 Å². The number of allylic oxidation sites excluding steroid dienone is 1. The van der Waals surface area contributed by atoms with Crippen LogP contribution in [0.2, 0.25) is 0 Å². The van der Waals surface area contributed by atoms with Gasteiger partial charge in [0.05, 0.1) is 18.0 Å². The molecule has 1 rings (SSSR count). The first-order valence-corrected chi connectivity index (χ1v) is 3.13. The van der Waals surface area contributed by atoms with E-state index in [0.29, 0.717) is 0 Å². The van der Waals surface area contributed by atoms with Crippen molar-refractivity contribution in [3.63, 3.8) is 0 Å². The largest absolute Gasteiger partial charge is 0.372 e. The third-order valence-electron chi connectivity index (χ3n) is 1.66. The van der Waals surface area contributed by atoms with Gasteiger partial charge in [0, 0.05) is 13.6 Å². The van der Waals surface area contributed by atoms with Crippen LogP contribution in [-0.4, -0.2) is 30.7 Å². The Morgan fingerprint density at radius 2 is 2.33 bits per heavy atom. The second-order valence-electron chi connectivity index (χ2n) is 2.34. The van der Waals surface area contributed by atoms with Crippen LogP contribution in [0.1, 0.15) is 6.92 Å². The maximum Gasteiger partial charge on any atom is 0.0568 e. The zero-order chi connectivity index (χ0) is 6.85. The van der Waals surface area contributed by atoms with E-state index in [1.165, 1.54) is 0 Å². The van der Waals surface area contributed by atoms with Crippen molar-refractivity contribution in [3.05, 3.63) is 12.3 Å². The van der Waals surface area contributed by atoms with Gasteiger partial charge in [0.2, 0.25) is 0 Å². The molecule has 0 saturated heterocycles. The van der Waals surface area contributed by atoms with E-state index in [1.54, 1.807) is 0 Å². The monoisotopic (exact) mass is 124 g/mol. The van der Waals surface area contributed by atoms with Crippen LogP contribution in [0.4, 0.5) is 0 Å². The van der Waals surface area contributed by atoms with Gasteiger partial charge in [-0.25, -0.2) is 0 Å². The summed E-state index contributed by atoms with van der Waals surface area (Å²) in [5, 5.41) is 0. The fourth-order valence-corrected chi connectivity index (χ4v) is 0.870. The first kappa shape index (κ1) is 6.33. The Morgan fingerprint density at radius 3 is 2.78 bits per heavy atom. The molecule has 2 nitrogen and oxygen atoms in total.